The third-order valence-electron chi connectivity index (χ3n) is 5.05. The summed E-state index contributed by atoms with van der Waals surface area (Å²) in [5.41, 5.74) is 0.667. The molecule has 0 saturated carbocycles. The molecule has 1 aromatic heterocycles. The first-order chi connectivity index (χ1) is 13.2. The van der Waals surface area contributed by atoms with Gasteiger partial charge in [0.25, 0.3) is 5.91 Å². The van der Waals surface area contributed by atoms with E-state index in [1.807, 2.05) is 66.0 Å². The van der Waals surface area contributed by atoms with Crippen molar-refractivity contribution in [3.8, 4) is 5.75 Å². The van der Waals surface area contributed by atoms with Gasteiger partial charge in [-0.2, -0.15) is 0 Å². The van der Waals surface area contributed by atoms with E-state index in [9.17, 15) is 4.79 Å². The van der Waals surface area contributed by atoms with Gasteiger partial charge in [0.2, 0.25) is 5.95 Å². The van der Waals surface area contributed by atoms with Crippen LogP contribution in [0.2, 0.25) is 0 Å². The molecule has 2 heterocycles. The molecule has 3 aromatic rings. The number of aromatic nitrogens is 2. The van der Waals surface area contributed by atoms with Gasteiger partial charge in [-0.05, 0) is 23.8 Å². The Kier molecular flexibility index (Phi) is 4.71. The average Bonchev–Trinajstić information content (AvgIpc) is 3.13. The van der Waals surface area contributed by atoms with Crippen molar-refractivity contribution >= 4 is 22.6 Å². The smallest absolute Gasteiger partial charge is 0.258 e. The number of benzene rings is 2. The molecule has 6 nitrogen and oxygen atoms in total. The number of carbonyl (C=O) groups is 1. The van der Waals surface area contributed by atoms with E-state index in [1.54, 1.807) is 6.20 Å². The Labute approximate surface area is 159 Å². The standard InChI is InChI=1S/C21H24N4O2/c1-3-27-18-9-8-16-6-4-5-7-17(16)19(18)20(26)24-12-14-25(15-13-24)21-22-10-11-23(21)2/h4-11H,3,12-15H2,1-2H3. The molecule has 1 fully saturated rings. The van der Waals surface area contributed by atoms with E-state index in [0.29, 0.717) is 31.0 Å². The molecule has 2 aromatic carbocycles. The summed E-state index contributed by atoms with van der Waals surface area (Å²) < 4.78 is 7.79. The lowest BCUT2D eigenvalue weighted by Crippen LogP contribution is -2.49. The number of ether oxygens (including phenoxy) is 1. The summed E-state index contributed by atoms with van der Waals surface area (Å²) in [7, 11) is 1.99. The van der Waals surface area contributed by atoms with Crippen molar-refractivity contribution < 1.29 is 9.53 Å². The summed E-state index contributed by atoms with van der Waals surface area (Å²) in [5.74, 6) is 1.64. The van der Waals surface area contributed by atoms with Gasteiger partial charge in [0.15, 0.2) is 0 Å². The van der Waals surface area contributed by atoms with E-state index in [0.717, 1.165) is 29.8 Å². The fourth-order valence-electron chi connectivity index (χ4n) is 3.68. The lowest BCUT2D eigenvalue weighted by Gasteiger charge is -2.35. The van der Waals surface area contributed by atoms with Crippen LogP contribution in [0.25, 0.3) is 10.8 Å². The molecule has 1 aliphatic heterocycles. The third kappa shape index (κ3) is 3.23. The van der Waals surface area contributed by atoms with Crippen molar-refractivity contribution in [2.24, 2.45) is 7.05 Å². The molecule has 0 unspecified atom stereocenters. The number of hydrogen-bond donors (Lipinski definition) is 0. The molecule has 0 radical (unpaired) electrons. The Hall–Kier alpha value is -3.02. The van der Waals surface area contributed by atoms with E-state index in [2.05, 4.69) is 9.88 Å². The van der Waals surface area contributed by atoms with E-state index < -0.39 is 0 Å². The number of rotatable bonds is 4. The molecule has 6 heteroatoms. The first kappa shape index (κ1) is 17.4. The van der Waals surface area contributed by atoms with Gasteiger partial charge in [0.05, 0.1) is 12.2 Å². The molecule has 4 rings (SSSR count). The van der Waals surface area contributed by atoms with E-state index in [4.69, 9.17) is 4.74 Å². The minimum Gasteiger partial charge on any atom is -0.493 e. The maximum atomic E-state index is 13.4. The first-order valence-electron chi connectivity index (χ1n) is 9.35. The number of aryl methyl sites for hydroxylation is 1. The van der Waals surface area contributed by atoms with Gasteiger partial charge in [-0.15, -0.1) is 0 Å². The second kappa shape index (κ2) is 7.31. The number of anilines is 1. The Morgan fingerprint density at radius 2 is 1.89 bits per heavy atom. The molecular formula is C21H24N4O2. The van der Waals surface area contributed by atoms with Gasteiger partial charge >= 0.3 is 0 Å². The van der Waals surface area contributed by atoms with Crippen LogP contribution >= 0.6 is 0 Å². The zero-order valence-corrected chi connectivity index (χ0v) is 15.8. The Balaban J connectivity index is 1.60. The Bertz CT molecular complexity index is 958. The molecule has 0 aliphatic carbocycles. The zero-order chi connectivity index (χ0) is 18.8. The second-order valence-electron chi connectivity index (χ2n) is 6.71. The van der Waals surface area contributed by atoms with Gasteiger partial charge < -0.3 is 19.1 Å². The summed E-state index contributed by atoms with van der Waals surface area (Å²) in [6.07, 6.45) is 3.74. The highest BCUT2D eigenvalue weighted by Crippen LogP contribution is 2.30. The number of piperazine rings is 1. The molecule has 1 aliphatic rings. The average molecular weight is 364 g/mol. The van der Waals surface area contributed by atoms with E-state index in [1.165, 1.54) is 0 Å². The molecule has 0 spiro atoms. The van der Waals surface area contributed by atoms with Gasteiger partial charge in [-0.25, -0.2) is 4.98 Å². The molecule has 0 atom stereocenters. The van der Waals surface area contributed by atoms with Gasteiger partial charge in [-0.3, -0.25) is 4.79 Å². The van der Waals surface area contributed by atoms with Crippen molar-refractivity contribution in [1.82, 2.24) is 14.5 Å². The summed E-state index contributed by atoms with van der Waals surface area (Å²) in [6, 6.07) is 11.9. The molecule has 140 valence electrons. The van der Waals surface area contributed by atoms with E-state index >= 15 is 0 Å². The molecule has 1 saturated heterocycles. The maximum Gasteiger partial charge on any atom is 0.258 e. The maximum absolute atomic E-state index is 13.4. The molecule has 0 N–H and O–H groups in total. The second-order valence-corrected chi connectivity index (χ2v) is 6.71. The molecule has 1 amide bonds. The summed E-state index contributed by atoms with van der Waals surface area (Å²) in [5, 5.41) is 2.00. The monoisotopic (exact) mass is 364 g/mol. The highest BCUT2D eigenvalue weighted by molar-refractivity contribution is 6.09. The van der Waals surface area contributed by atoms with Crippen molar-refractivity contribution in [1.29, 1.82) is 0 Å². The number of imidazole rings is 1. The normalized spacial score (nSPS) is 14.6. The summed E-state index contributed by atoms with van der Waals surface area (Å²) in [4.78, 5) is 21.9. The van der Waals surface area contributed by atoms with Gasteiger partial charge in [-0.1, -0.05) is 30.3 Å². The van der Waals surface area contributed by atoms with Crippen LogP contribution in [-0.2, 0) is 7.05 Å². The summed E-state index contributed by atoms with van der Waals surface area (Å²) in [6.45, 7) is 5.35. The van der Waals surface area contributed by atoms with Crippen molar-refractivity contribution in [3.05, 3.63) is 54.4 Å². The van der Waals surface area contributed by atoms with Crippen LogP contribution in [0.4, 0.5) is 5.95 Å². The highest BCUT2D eigenvalue weighted by Gasteiger charge is 2.27. The topological polar surface area (TPSA) is 50.6 Å². The van der Waals surface area contributed by atoms with Crippen molar-refractivity contribution in [2.75, 3.05) is 37.7 Å². The van der Waals surface area contributed by atoms with Crippen molar-refractivity contribution in [2.45, 2.75) is 6.92 Å². The summed E-state index contributed by atoms with van der Waals surface area (Å²) >= 11 is 0. The van der Waals surface area contributed by atoms with Gasteiger partial charge in [0.1, 0.15) is 5.75 Å². The fraction of sp³-hybridized carbons (Fsp3) is 0.333. The molecular weight excluding hydrogens is 340 g/mol. The number of nitrogens with zero attached hydrogens (tertiary/aromatic N) is 4. The third-order valence-corrected chi connectivity index (χ3v) is 5.05. The lowest BCUT2D eigenvalue weighted by atomic mass is 10.0. The number of fused-ring (bicyclic) bond motifs is 1. The van der Waals surface area contributed by atoms with Crippen molar-refractivity contribution in [3.63, 3.8) is 0 Å². The van der Waals surface area contributed by atoms with Crippen LogP contribution in [0, 0.1) is 0 Å². The van der Waals surface area contributed by atoms with Crippen LogP contribution in [0.5, 0.6) is 5.75 Å². The lowest BCUT2D eigenvalue weighted by molar-refractivity contribution is 0.0744. The van der Waals surface area contributed by atoms with Crippen LogP contribution in [0.1, 0.15) is 17.3 Å². The highest BCUT2D eigenvalue weighted by atomic mass is 16.5. The predicted octanol–water partition coefficient (Wildman–Crippen LogP) is 2.93. The van der Waals surface area contributed by atoms with Crippen LogP contribution < -0.4 is 9.64 Å². The predicted molar refractivity (Wildman–Crippen MR) is 106 cm³/mol. The van der Waals surface area contributed by atoms with Crippen LogP contribution in [0.15, 0.2) is 48.8 Å². The zero-order valence-electron chi connectivity index (χ0n) is 15.8. The quantitative estimate of drug-likeness (QED) is 0.714. The fourth-order valence-corrected chi connectivity index (χ4v) is 3.68. The Morgan fingerprint density at radius 1 is 1.11 bits per heavy atom. The number of carbonyl (C=O) groups excluding carboxylic acids is 1. The molecule has 27 heavy (non-hydrogen) atoms. The minimum atomic E-state index is 0.0368. The van der Waals surface area contributed by atoms with Crippen LogP contribution in [0.3, 0.4) is 0 Å². The largest absolute Gasteiger partial charge is 0.493 e. The molecule has 0 bridgehead atoms. The van der Waals surface area contributed by atoms with Crippen LogP contribution in [-0.4, -0.2) is 53.1 Å². The number of hydrogen-bond acceptors (Lipinski definition) is 4. The van der Waals surface area contributed by atoms with E-state index in [-0.39, 0.29) is 5.91 Å². The Morgan fingerprint density at radius 3 is 2.59 bits per heavy atom. The minimum absolute atomic E-state index is 0.0368. The first-order valence-corrected chi connectivity index (χ1v) is 9.35. The number of amides is 1. The SMILES string of the molecule is CCOc1ccc2ccccc2c1C(=O)N1CCN(c2nccn2C)CC1. The van der Waals surface area contributed by atoms with Gasteiger partial charge in [0, 0.05) is 45.6 Å².